The van der Waals surface area contributed by atoms with E-state index in [1.807, 2.05) is 49.5 Å². The molecule has 12 nitrogen and oxygen atoms in total. The predicted octanol–water partition coefficient (Wildman–Crippen LogP) is 6.76. The summed E-state index contributed by atoms with van der Waals surface area (Å²) in [7, 11) is -14.2. The van der Waals surface area contributed by atoms with Gasteiger partial charge in [0.05, 0.1) is 52.9 Å². The summed E-state index contributed by atoms with van der Waals surface area (Å²) < 4.78 is 62.6. The smallest absolute Gasteiger partial charge is 0.386 e. The van der Waals surface area contributed by atoms with E-state index in [2.05, 4.69) is 76.8 Å². The van der Waals surface area contributed by atoms with Gasteiger partial charge in [0, 0.05) is 12.2 Å². The SMILES string of the molecule is C=CCOCCO[Si](C)(CC[Si](C)(C)O[Si](O[Si](C)(C)CC[Si](C)(OCCOCC=C)OCCOC(=O)C=C)(c1ccccc1)c1ccccc1)OCCOC(=O)C=C. The number of esters is 2. The Kier molecular flexibility index (Phi) is 24.0. The highest BCUT2D eigenvalue weighted by molar-refractivity contribution is 7.02. The van der Waals surface area contributed by atoms with E-state index in [-0.39, 0.29) is 26.4 Å². The molecule has 328 valence electrons. The summed E-state index contributed by atoms with van der Waals surface area (Å²) in [5.74, 6) is -1.00. The van der Waals surface area contributed by atoms with Crippen LogP contribution >= 0.6 is 0 Å². The van der Waals surface area contributed by atoms with Crippen molar-refractivity contribution in [2.75, 3.05) is 66.1 Å². The van der Waals surface area contributed by atoms with E-state index in [4.69, 9.17) is 44.9 Å². The Morgan fingerprint density at radius 3 is 1.15 bits per heavy atom. The average molecular weight is 905 g/mol. The van der Waals surface area contributed by atoms with Crippen LogP contribution in [-0.4, -0.2) is 120 Å². The third kappa shape index (κ3) is 20.5. The molecule has 0 heterocycles. The maximum atomic E-state index is 11.7. The largest absolute Gasteiger partial charge is 0.460 e. The second kappa shape index (κ2) is 27.1. The van der Waals surface area contributed by atoms with Crippen molar-refractivity contribution >= 4 is 64.6 Å². The Bertz CT molecular complexity index is 1450. The maximum absolute atomic E-state index is 11.7. The second-order valence-corrected chi connectivity index (χ2v) is 34.0. The number of benzene rings is 2. The molecule has 17 heteroatoms. The molecule has 0 spiro atoms. The fourth-order valence-corrected chi connectivity index (χ4v) is 28.2. The quantitative estimate of drug-likeness (QED) is 0.0242. The van der Waals surface area contributed by atoms with Crippen LogP contribution in [0.2, 0.25) is 63.5 Å². The molecule has 2 aromatic carbocycles. The zero-order valence-electron chi connectivity index (χ0n) is 36.2. The Morgan fingerprint density at radius 1 is 0.492 bits per heavy atom. The van der Waals surface area contributed by atoms with Gasteiger partial charge in [-0.05, 0) is 73.8 Å². The van der Waals surface area contributed by atoms with Crippen molar-refractivity contribution in [3.63, 3.8) is 0 Å². The molecule has 0 amide bonds. The molecule has 2 atom stereocenters. The molecule has 0 radical (unpaired) electrons. The Balaban J connectivity index is 2.44. The molecule has 0 bridgehead atoms. The molecule has 0 aliphatic heterocycles. The van der Waals surface area contributed by atoms with Crippen LogP contribution in [0.25, 0.3) is 0 Å². The van der Waals surface area contributed by atoms with Gasteiger partial charge in [0.2, 0.25) is 0 Å². The first-order valence-corrected chi connectivity index (χ1v) is 33.2. The Hall–Kier alpha value is -2.90. The third-order valence-electron chi connectivity index (χ3n) is 9.06. The Morgan fingerprint density at radius 2 is 0.831 bits per heavy atom. The van der Waals surface area contributed by atoms with Crippen molar-refractivity contribution < 1.29 is 54.5 Å². The van der Waals surface area contributed by atoms with Gasteiger partial charge in [-0.3, -0.25) is 0 Å². The van der Waals surface area contributed by atoms with E-state index in [0.717, 1.165) is 34.6 Å². The van der Waals surface area contributed by atoms with Gasteiger partial charge in [-0.1, -0.05) is 86.0 Å². The summed E-state index contributed by atoms with van der Waals surface area (Å²) in [6.07, 6.45) is 5.67. The van der Waals surface area contributed by atoms with E-state index < -0.39 is 54.3 Å². The minimum absolute atomic E-state index is 0.0938. The van der Waals surface area contributed by atoms with Crippen molar-refractivity contribution in [3.8, 4) is 0 Å². The molecule has 0 N–H and O–H groups in total. The average Bonchev–Trinajstić information content (AvgIpc) is 3.22. The summed E-state index contributed by atoms with van der Waals surface area (Å²) in [5, 5.41) is 2.05. The van der Waals surface area contributed by atoms with Crippen molar-refractivity contribution in [1.82, 2.24) is 0 Å². The lowest BCUT2D eigenvalue weighted by Crippen LogP contribution is -2.70. The van der Waals surface area contributed by atoms with Crippen LogP contribution in [0.4, 0.5) is 0 Å². The van der Waals surface area contributed by atoms with Crippen LogP contribution in [0.5, 0.6) is 0 Å². The number of ether oxygens (including phenoxy) is 4. The normalized spacial score (nSPS) is 14.1. The lowest BCUT2D eigenvalue weighted by Gasteiger charge is -2.44. The first-order valence-electron chi connectivity index (χ1n) is 20.1. The number of hydrogen-bond donors (Lipinski definition) is 0. The molecule has 2 rings (SSSR count). The van der Waals surface area contributed by atoms with Gasteiger partial charge in [-0.25, -0.2) is 9.59 Å². The van der Waals surface area contributed by atoms with Crippen LogP contribution in [0.1, 0.15) is 0 Å². The van der Waals surface area contributed by atoms with Crippen molar-refractivity contribution in [2.24, 2.45) is 0 Å². The number of hydrogen-bond acceptors (Lipinski definition) is 12. The third-order valence-corrected chi connectivity index (χ3v) is 27.4. The lowest BCUT2D eigenvalue weighted by molar-refractivity contribution is -0.139. The van der Waals surface area contributed by atoms with E-state index in [9.17, 15) is 9.59 Å². The van der Waals surface area contributed by atoms with E-state index in [0.29, 0.717) is 51.7 Å². The molecule has 0 fully saturated rings. The van der Waals surface area contributed by atoms with E-state index in [1.54, 1.807) is 12.2 Å². The van der Waals surface area contributed by atoms with E-state index >= 15 is 0 Å². The number of carbonyl (C=O) groups is 2. The highest BCUT2D eigenvalue weighted by Crippen LogP contribution is 2.31. The zero-order chi connectivity index (χ0) is 43.7. The van der Waals surface area contributed by atoms with Crippen LogP contribution in [0, 0.1) is 0 Å². The number of carbonyl (C=O) groups excluding carboxylic acids is 2. The highest BCUT2D eigenvalue weighted by Gasteiger charge is 2.51. The summed E-state index contributed by atoms with van der Waals surface area (Å²) in [5.41, 5.74) is 0. The van der Waals surface area contributed by atoms with Gasteiger partial charge in [0.15, 0.2) is 16.6 Å². The van der Waals surface area contributed by atoms with Gasteiger partial charge in [0.25, 0.3) is 0 Å². The molecule has 2 aromatic rings. The maximum Gasteiger partial charge on any atom is 0.386 e. The fraction of sp³-hybridized carbons (Fsp3) is 0.476. The summed E-state index contributed by atoms with van der Waals surface area (Å²) in [4.78, 5) is 23.4. The molecule has 0 saturated carbocycles. The van der Waals surface area contributed by atoms with Crippen LogP contribution in [0.3, 0.4) is 0 Å². The standard InChI is InChI=1S/C42H68O12Si5/c1-11-25-45-27-31-49-57(9,51-33-29-47-41(43)13-3)37-35-55(5,6)53-59(39-21-17-15-18-22-39,40-23-19-16-20-24-40)54-56(7,8)36-38-58(10,50-32-28-46-26-12-2)52-34-30-48-42(44)14-4/h11-24H,1-4,25-38H2,5-10H3. The van der Waals surface area contributed by atoms with Crippen molar-refractivity contribution in [2.45, 2.75) is 63.5 Å². The summed E-state index contributed by atoms with van der Waals surface area (Å²) in [6, 6.07) is 23.4. The zero-order valence-corrected chi connectivity index (χ0v) is 41.2. The highest BCUT2D eigenvalue weighted by atomic mass is 28.5. The minimum atomic E-state index is -3.39. The molecular weight excluding hydrogens is 837 g/mol. The van der Waals surface area contributed by atoms with Crippen LogP contribution in [-0.2, 0) is 54.5 Å². The van der Waals surface area contributed by atoms with Crippen molar-refractivity contribution in [3.05, 3.63) is 111 Å². The second-order valence-electron chi connectivity index (χ2n) is 15.2. The first kappa shape index (κ1) is 52.2. The molecule has 59 heavy (non-hydrogen) atoms. The van der Waals surface area contributed by atoms with Crippen LogP contribution < -0.4 is 10.4 Å². The van der Waals surface area contributed by atoms with Gasteiger partial charge < -0.3 is 44.9 Å². The van der Waals surface area contributed by atoms with Gasteiger partial charge in [0.1, 0.15) is 13.2 Å². The summed E-state index contributed by atoms with van der Waals surface area (Å²) in [6.45, 7) is 30.3. The van der Waals surface area contributed by atoms with Crippen molar-refractivity contribution in [1.29, 1.82) is 0 Å². The number of rotatable bonds is 34. The molecule has 2 unspecified atom stereocenters. The van der Waals surface area contributed by atoms with Crippen LogP contribution in [0.15, 0.2) is 111 Å². The Labute approximate surface area is 358 Å². The molecule has 0 aromatic heterocycles. The lowest BCUT2D eigenvalue weighted by atomic mass is 10.4. The fourth-order valence-electron chi connectivity index (χ4n) is 5.93. The monoisotopic (exact) mass is 904 g/mol. The van der Waals surface area contributed by atoms with E-state index in [1.165, 1.54) is 0 Å². The molecule has 0 aliphatic carbocycles. The minimum Gasteiger partial charge on any atom is -0.460 e. The van der Waals surface area contributed by atoms with Gasteiger partial charge in [-0.15, -0.1) is 13.2 Å². The summed E-state index contributed by atoms with van der Waals surface area (Å²) >= 11 is 0. The van der Waals surface area contributed by atoms with Gasteiger partial charge in [-0.2, -0.15) is 0 Å². The van der Waals surface area contributed by atoms with Gasteiger partial charge >= 0.3 is 37.6 Å². The predicted molar refractivity (Wildman–Crippen MR) is 246 cm³/mol. The first-order chi connectivity index (χ1) is 28.1. The topological polar surface area (TPSA) is 126 Å². The molecule has 0 saturated heterocycles. The molecular formula is C42H68O12Si5. The molecule has 0 aliphatic rings.